The second-order valence-electron chi connectivity index (χ2n) is 12.9. The fourth-order valence-corrected chi connectivity index (χ4v) is 7.46. The summed E-state index contributed by atoms with van der Waals surface area (Å²) in [6.07, 6.45) is 1.46. The van der Waals surface area contributed by atoms with Crippen molar-refractivity contribution in [2.45, 2.75) is 44.2 Å². The molecule has 3 aliphatic rings. The normalized spacial score (nSPS) is 24.8. The molecule has 1 amide bonds. The maximum absolute atomic E-state index is 14.2. The van der Waals surface area contributed by atoms with Crippen LogP contribution in [-0.2, 0) is 28.9 Å². The van der Waals surface area contributed by atoms with Gasteiger partial charge in [-0.3, -0.25) is 19.3 Å². The maximum atomic E-state index is 14.2. The van der Waals surface area contributed by atoms with E-state index in [1.165, 1.54) is 0 Å². The molecule has 10 nitrogen and oxygen atoms in total. The number of amides is 1. The van der Waals surface area contributed by atoms with Crippen molar-refractivity contribution in [3.05, 3.63) is 81.3 Å². The van der Waals surface area contributed by atoms with E-state index in [0.29, 0.717) is 30.4 Å². The zero-order chi connectivity index (χ0) is 31.5. The first-order valence-corrected chi connectivity index (χ1v) is 14.4. The quantitative estimate of drug-likeness (QED) is 0.305. The van der Waals surface area contributed by atoms with E-state index in [9.17, 15) is 29.7 Å². The molecule has 0 heterocycles. The van der Waals surface area contributed by atoms with Gasteiger partial charge in [0.15, 0.2) is 11.6 Å². The predicted octanol–water partition coefficient (Wildman–Crippen LogP) is 2.57. The number of phenols is 1. The van der Waals surface area contributed by atoms with Gasteiger partial charge in [-0.15, -0.1) is 0 Å². The van der Waals surface area contributed by atoms with Crippen molar-refractivity contribution in [2.24, 2.45) is 29.2 Å². The zero-order valence-corrected chi connectivity index (χ0v) is 25.2. The van der Waals surface area contributed by atoms with Crippen molar-refractivity contribution in [1.82, 2.24) is 4.90 Å². The molecule has 0 aliphatic heterocycles. The molecule has 0 spiro atoms. The second-order valence-corrected chi connectivity index (χ2v) is 12.9. The van der Waals surface area contributed by atoms with Gasteiger partial charge < -0.3 is 31.7 Å². The summed E-state index contributed by atoms with van der Waals surface area (Å²) in [5, 5.41) is 34.1. The second kappa shape index (κ2) is 10.8. The molecule has 43 heavy (non-hydrogen) atoms. The van der Waals surface area contributed by atoms with Crippen LogP contribution in [0.1, 0.15) is 40.4 Å². The predicted molar refractivity (Wildman–Crippen MR) is 163 cm³/mol. The molecule has 2 aromatic carbocycles. The van der Waals surface area contributed by atoms with Crippen molar-refractivity contribution in [2.75, 3.05) is 33.1 Å². The van der Waals surface area contributed by atoms with Crippen LogP contribution in [0, 0.1) is 17.8 Å². The van der Waals surface area contributed by atoms with Crippen LogP contribution < -0.4 is 16.4 Å². The first kappa shape index (κ1) is 30.3. The molecule has 0 fully saturated rings. The van der Waals surface area contributed by atoms with Gasteiger partial charge in [0, 0.05) is 30.9 Å². The zero-order valence-electron chi connectivity index (χ0n) is 25.2. The van der Waals surface area contributed by atoms with Crippen LogP contribution in [0.2, 0.25) is 0 Å². The summed E-state index contributed by atoms with van der Waals surface area (Å²) in [5.74, 6) is -5.77. The number of rotatable bonds is 7. The maximum Gasteiger partial charge on any atom is 0.255 e. The number of primary amides is 1. The number of ketones is 2. The van der Waals surface area contributed by atoms with E-state index in [1.54, 1.807) is 19.0 Å². The first-order valence-electron chi connectivity index (χ1n) is 14.4. The summed E-state index contributed by atoms with van der Waals surface area (Å²) < 4.78 is 0. The van der Waals surface area contributed by atoms with E-state index in [0.717, 1.165) is 11.3 Å². The number of anilines is 1. The Balaban J connectivity index is 1.61. The van der Waals surface area contributed by atoms with Crippen LogP contribution in [0.4, 0.5) is 5.69 Å². The summed E-state index contributed by atoms with van der Waals surface area (Å²) in [6.45, 7) is 1.90. The topological polar surface area (TPSA) is 170 Å². The molecule has 0 aromatic heterocycles. The number of nitrogens with two attached hydrogens (primary N) is 2. The summed E-state index contributed by atoms with van der Waals surface area (Å²) in [7, 11) is 7.14. The molecule has 0 radical (unpaired) electrons. The fraction of sp³-hybridized carbons (Fsp3) is 0.424. The van der Waals surface area contributed by atoms with Gasteiger partial charge in [-0.1, -0.05) is 30.3 Å². The molecule has 2 aromatic rings. The van der Waals surface area contributed by atoms with E-state index in [2.05, 4.69) is 0 Å². The van der Waals surface area contributed by atoms with Gasteiger partial charge in [0.05, 0.1) is 17.5 Å². The van der Waals surface area contributed by atoms with E-state index in [4.69, 9.17) is 11.5 Å². The fourth-order valence-electron chi connectivity index (χ4n) is 7.46. The van der Waals surface area contributed by atoms with Gasteiger partial charge in [-0.2, -0.15) is 0 Å². The third kappa shape index (κ3) is 5.08. The number of fused-ring (bicyclic) bond motifs is 3. The number of Topliss-reactive ketones (excluding diaryl/α,β-unsaturated/α-hetero) is 2. The van der Waals surface area contributed by atoms with Crippen molar-refractivity contribution in [3.8, 4) is 5.75 Å². The molecule has 0 saturated carbocycles. The van der Waals surface area contributed by atoms with E-state index in [1.807, 2.05) is 62.3 Å². The minimum Gasteiger partial charge on any atom is -0.511 e. The minimum absolute atomic E-state index is 0.0572. The van der Waals surface area contributed by atoms with Gasteiger partial charge >= 0.3 is 0 Å². The first-order chi connectivity index (χ1) is 20.1. The average molecular weight is 589 g/mol. The lowest BCUT2D eigenvalue weighted by molar-refractivity contribution is -0.127. The number of aliphatic hydroxyl groups is 2. The highest BCUT2D eigenvalue weighted by atomic mass is 16.3. The van der Waals surface area contributed by atoms with Gasteiger partial charge in [-0.25, -0.2) is 0 Å². The Morgan fingerprint density at radius 3 is 2.26 bits per heavy atom. The highest BCUT2D eigenvalue weighted by Gasteiger charge is 2.54. The number of nitrogens with zero attached hydrogens (tertiary/aromatic N) is 2. The van der Waals surface area contributed by atoms with Gasteiger partial charge in [0.1, 0.15) is 22.8 Å². The van der Waals surface area contributed by atoms with Gasteiger partial charge in [0.2, 0.25) is 0 Å². The van der Waals surface area contributed by atoms with Crippen molar-refractivity contribution in [3.63, 3.8) is 0 Å². The van der Waals surface area contributed by atoms with Crippen LogP contribution in [0.3, 0.4) is 0 Å². The lowest BCUT2D eigenvalue weighted by atomic mass is 9.60. The standard InChI is InChI=1S/C33H40N4O6/c1-33(35,14-16-9-7-6-8-10-16)15-18-13-21(36(2)3)19-11-17-12-20-24(29(40)22(17)28(39)23(19)27(18)38)30(41)25(32(34)43)31(42)26(20)37(4)5/h6-10,13,17,20,24,26,38,40,42H,11-12,14-15,35H2,1-5H3,(H2,34,43). The Morgan fingerprint density at radius 2 is 1.67 bits per heavy atom. The molecule has 10 heteroatoms. The van der Waals surface area contributed by atoms with Crippen LogP contribution in [-0.4, -0.2) is 77.5 Å². The Morgan fingerprint density at radius 1 is 1.02 bits per heavy atom. The van der Waals surface area contributed by atoms with Crippen LogP contribution >= 0.6 is 0 Å². The number of carbonyl (C=O) groups is 3. The molecule has 3 aliphatic carbocycles. The smallest absolute Gasteiger partial charge is 0.255 e. The lowest BCUT2D eigenvalue weighted by Crippen LogP contribution is -2.53. The van der Waals surface area contributed by atoms with Crippen LogP contribution in [0.15, 0.2) is 59.1 Å². The Bertz CT molecular complexity index is 1570. The highest BCUT2D eigenvalue weighted by molar-refractivity contribution is 6.22. The number of carbonyl (C=O) groups excluding carboxylic acids is 3. The molecular formula is C33H40N4O6. The largest absolute Gasteiger partial charge is 0.511 e. The van der Waals surface area contributed by atoms with Crippen LogP contribution in [0.5, 0.6) is 5.75 Å². The summed E-state index contributed by atoms with van der Waals surface area (Å²) in [6, 6.07) is 10.9. The molecule has 0 bridgehead atoms. The van der Waals surface area contributed by atoms with Gasteiger partial charge in [-0.05, 0) is 81.3 Å². The number of benzene rings is 2. The third-order valence-electron chi connectivity index (χ3n) is 9.15. The number of hydrogen-bond acceptors (Lipinski definition) is 9. The summed E-state index contributed by atoms with van der Waals surface area (Å²) in [5.41, 5.74) is 14.0. The number of hydrogen-bond donors (Lipinski definition) is 5. The van der Waals surface area contributed by atoms with E-state index in [-0.39, 0.29) is 23.3 Å². The van der Waals surface area contributed by atoms with Crippen molar-refractivity contribution in [1.29, 1.82) is 0 Å². The van der Waals surface area contributed by atoms with Crippen molar-refractivity contribution < 1.29 is 29.7 Å². The van der Waals surface area contributed by atoms with Crippen molar-refractivity contribution >= 4 is 23.2 Å². The Labute approximate surface area is 251 Å². The number of allylic oxidation sites excluding steroid dienone is 2. The Kier molecular flexibility index (Phi) is 7.64. The number of aliphatic hydroxyl groups excluding tert-OH is 2. The monoisotopic (exact) mass is 588 g/mol. The summed E-state index contributed by atoms with van der Waals surface area (Å²) in [4.78, 5) is 43.5. The molecule has 0 saturated heterocycles. The number of aromatic hydroxyl groups is 1. The molecule has 5 atom stereocenters. The van der Waals surface area contributed by atoms with Crippen LogP contribution in [0.25, 0.3) is 0 Å². The average Bonchev–Trinajstić information content (AvgIpc) is 2.89. The third-order valence-corrected chi connectivity index (χ3v) is 9.15. The molecule has 5 unspecified atom stereocenters. The van der Waals surface area contributed by atoms with E-state index >= 15 is 0 Å². The highest BCUT2D eigenvalue weighted by Crippen LogP contribution is 2.52. The summed E-state index contributed by atoms with van der Waals surface area (Å²) >= 11 is 0. The number of phenolic OH excluding ortho intramolecular Hbond substituents is 1. The molecule has 5 rings (SSSR count). The Hall–Kier alpha value is -4.15. The molecule has 228 valence electrons. The SMILES string of the molecule is CN(C)c1cc(CC(C)(N)Cc2ccccc2)c(O)c2c1CC1CC3C(C(=O)C(C(N)=O)=C(O)C3N(C)C)C(O)=C1C2=O. The molecule has 7 N–H and O–H groups in total. The number of likely N-dealkylation sites (N-methyl/N-ethyl adjacent to an activating group) is 1. The van der Waals surface area contributed by atoms with Gasteiger partial charge in [0.25, 0.3) is 5.91 Å². The lowest BCUT2D eigenvalue weighted by Gasteiger charge is -2.46. The van der Waals surface area contributed by atoms with E-state index < -0.39 is 63.9 Å². The molecular weight excluding hydrogens is 548 g/mol. The minimum atomic E-state index is -1.22.